The number of rotatable bonds is 2. The number of hydrogen-bond acceptors (Lipinski definition) is 3. The lowest BCUT2D eigenvalue weighted by molar-refractivity contribution is 0.0547. The highest BCUT2D eigenvalue weighted by molar-refractivity contribution is 5.26. The van der Waals surface area contributed by atoms with Crippen LogP contribution in [0, 0.1) is 5.95 Å². The van der Waals surface area contributed by atoms with Gasteiger partial charge in [0.05, 0.1) is 7.11 Å². The van der Waals surface area contributed by atoms with Crippen LogP contribution >= 0.6 is 0 Å². The Balaban J connectivity index is 2.29. The van der Waals surface area contributed by atoms with Crippen molar-refractivity contribution in [3.05, 3.63) is 23.8 Å². The van der Waals surface area contributed by atoms with Crippen LogP contribution < -0.4 is 4.74 Å². The van der Waals surface area contributed by atoms with E-state index in [9.17, 15) is 4.39 Å². The molecule has 1 aliphatic heterocycles. The van der Waals surface area contributed by atoms with Crippen molar-refractivity contribution in [2.45, 2.75) is 25.2 Å². The molecular formula is C12H16FNO2. The lowest BCUT2D eigenvalue weighted by Crippen LogP contribution is -2.31. The smallest absolute Gasteiger partial charge is 0.255 e. The number of pyridine rings is 1. The van der Waals surface area contributed by atoms with Crippen molar-refractivity contribution in [1.82, 2.24) is 4.98 Å². The first-order valence-corrected chi connectivity index (χ1v) is 5.44. The van der Waals surface area contributed by atoms with E-state index in [1.807, 2.05) is 6.07 Å². The SMILES string of the molecule is COc1ccc(C2(C)CCOCC2)nc1F. The largest absolute Gasteiger partial charge is 0.492 e. The molecule has 0 unspecified atom stereocenters. The zero-order chi connectivity index (χ0) is 11.6. The van der Waals surface area contributed by atoms with E-state index in [2.05, 4.69) is 11.9 Å². The zero-order valence-corrected chi connectivity index (χ0v) is 9.62. The summed E-state index contributed by atoms with van der Waals surface area (Å²) in [6.07, 6.45) is 1.76. The molecule has 0 amide bonds. The van der Waals surface area contributed by atoms with Gasteiger partial charge in [0.25, 0.3) is 5.95 Å². The first-order chi connectivity index (χ1) is 7.65. The van der Waals surface area contributed by atoms with Crippen molar-refractivity contribution in [3.63, 3.8) is 0 Å². The third-order valence-electron chi connectivity index (χ3n) is 3.25. The second-order valence-corrected chi connectivity index (χ2v) is 4.36. The fraction of sp³-hybridized carbons (Fsp3) is 0.583. The Morgan fingerprint density at radius 2 is 2.06 bits per heavy atom. The molecule has 1 saturated heterocycles. The van der Waals surface area contributed by atoms with Gasteiger partial charge in [0.15, 0.2) is 5.75 Å². The molecule has 0 atom stereocenters. The minimum Gasteiger partial charge on any atom is -0.492 e. The molecule has 1 aromatic heterocycles. The summed E-state index contributed by atoms with van der Waals surface area (Å²) in [5, 5.41) is 0. The average molecular weight is 225 g/mol. The Morgan fingerprint density at radius 1 is 1.38 bits per heavy atom. The fourth-order valence-electron chi connectivity index (χ4n) is 1.99. The van der Waals surface area contributed by atoms with Crippen LogP contribution in [0.5, 0.6) is 5.75 Å². The molecule has 88 valence electrons. The van der Waals surface area contributed by atoms with Crippen molar-refractivity contribution in [3.8, 4) is 5.75 Å². The van der Waals surface area contributed by atoms with Crippen LogP contribution in [-0.4, -0.2) is 25.3 Å². The molecule has 0 N–H and O–H groups in total. The first-order valence-electron chi connectivity index (χ1n) is 5.44. The summed E-state index contributed by atoms with van der Waals surface area (Å²) in [4.78, 5) is 3.99. The van der Waals surface area contributed by atoms with Gasteiger partial charge in [-0.1, -0.05) is 6.92 Å². The minimum absolute atomic E-state index is 0.0780. The quantitative estimate of drug-likeness (QED) is 0.724. The third-order valence-corrected chi connectivity index (χ3v) is 3.25. The van der Waals surface area contributed by atoms with E-state index in [0.717, 1.165) is 18.5 Å². The highest BCUT2D eigenvalue weighted by Crippen LogP contribution is 2.33. The number of nitrogens with zero attached hydrogens (tertiary/aromatic N) is 1. The molecule has 1 fully saturated rings. The van der Waals surface area contributed by atoms with Gasteiger partial charge in [-0.25, -0.2) is 4.98 Å². The maximum atomic E-state index is 13.5. The monoisotopic (exact) mass is 225 g/mol. The molecule has 0 radical (unpaired) electrons. The second kappa shape index (κ2) is 4.37. The standard InChI is InChI=1S/C12H16FNO2/c1-12(5-7-16-8-6-12)10-4-3-9(15-2)11(13)14-10/h3-4H,5-8H2,1-2H3. The molecule has 0 spiro atoms. The molecule has 0 bridgehead atoms. The van der Waals surface area contributed by atoms with Gasteiger partial charge in [0.2, 0.25) is 0 Å². The van der Waals surface area contributed by atoms with Gasteiger partial charge in [-0.05, 0) is 25.0 Å². The van der Waals surface area contributed by atoms with E-state index in [1.54, 1.807) is 6.07 Å². The van der Waals surface area contributed by atoms with E-state index in [-0.39, 0.29) is 11.2 Å². The van der Waals surface area contributed by atoms with Gasteiger partial charge in [-0.3, -0.25) is 0 Å². The molecule has 1 aliphatic rings. The van der Waals surface area contributed by atoms with Crippen LogP contribution in [0.15, 0.2) is 12.1 Å². The Hall–Kier alpha value is -1.16. The predicted molar refractivity (Wildman–Crippen MR) is 58.2 cm³/mol. The van der Waals surface area contributed by atoms with E-state index in [1.165, 1.54) is 7.11 Å². The normalized spacial score (nSPS) is 19.4. The zero-order valence-electron chi connectivity index (χ0n) is 9.62. The summed E-state index contributed by atoms with van der Waals surface area (Å²) in [5.74, 6) is -0.341. The molecule has 0 saturated carbocycles. The van der Waals surface area contributed by atoms with Gasteiger partial charge in [-0.2, -0.15) is 4.39 Å². The molecule has 0 aromatic carbocycles. The fourth-order valence-corrected chi connectivity index (χ4v) is 1.99. The van der Waals surface area contributed by atoms with E-state index >= 15 is 0 Å². The molecule has 0 aliphatic carbocycles. The van der Waals surface area contributed by atoms with Gasteiger partial charge in [0, 0.05) is 24.3 Å². The highest BCUT2D eigenvalue weighted by atomic mass is 19.1. The van der Waals surface area contributed by atoms with Crippen LogP contribution in [0.4, 0.5) is 4.39 Å². The maximum absolute atomic E-state index is 13.5. The first kappa shape index (κ1) is 11.3. The van der Waals surface area contributed by atoms with Crippen LogP contribution in [0.3, 0.4) is 0 Å². The topological polar surface area (TPSA) is 31.4 Å². The van der Waals surface area contributed by atoms with Crippen molar-refractivity contribution >= 4 is 0 Å². The Morgan fingerprint density at radius 3 is 2.62 bits per heavy atom. The van der Waals surface area contributed by atoms with Crippen molar-refractivity contribution in [2.75, 3.05) is 20.3 Å². The maximum Gasteiger partial charge on any atom is 0.255 e. The van der Waals surface area contributed by atoms with Crippen LogP contribution in [-0.2, 0) is 10.2 Å². The van der Waals surface area contributed by atoms with E-state index in [4.69, 9.17) is 9.47 Å². The number of hydrogen-bond donors (Lipinski definition) is 0. The number of aromatic nitrogens is 1. The predicted octanol–water partition coefficient (Wildman–Crippen LogP) is 2.30. The highest BCUT2D eigenvalue weighted by Gasteiger charge is 2.31. The molecule has 1 aromatic rings. The van der Waals surface area contributed by atoms with Crippen LogP contribution in [0.1, 0.15) is 25.5 Å². The van der Waals surface area contributed by atoms with Crippen LogP contribution in [0.25, 0.3) is 0 Å². The van der Waals surface area contributed by atoms with Crippen LogP contribution in [0.2, 0.25) is 0 Å². The number of ether oxygens (including phenoxy) is 2. The lowest BCUT2D eigenvalue weighted by Gasteiger charge is -2.32. The summed E-state index contributed by atoms with van der Waals surface area (Å²) < 4.78 is 23.7. The summed E-state index contributed by atoms with van der Waals surface area (Å²) >= 11 is 0. The molecular weight excluding hydrogens is 209 g/mol. The summed E-state index contributed by atoms with van der Waals surface area (Å²) in [6.45, 7) is 3.53. The van der Waals surface area contributed by atoms with Crippen molar-refractivity contribution in [1.29, 1.82) is 0 Å². The second-order valence-electron chi connectivity index (χ2n) is 4.36. The summed E-state index contributed by atoms with van der Waals surface area (Å²) in [7, 11) is 1.44. The van der Waals surface area contributed by atoms with Gasteiger partial charge < -0.3 is 9.47 Å². The summed E-state index contributed by atoms with van der Waals surface area (Å²) in [6, 6.07) is 3.48. The minimum atomic E-state index is -0.535. The molecule has 3 nitrogen and oxygen atoms in total. The molecule has 4 heteroatoms. The Bertz CT molecular complexity index is 375. The number of halogens is 1. The van der Waals surface area contributed by atoms with Crippen molar-refractivity contribution < 1.29 is 13.9 Å². The lowest BCUT2D eigenvalue weighted by atomic mass is 9.79. The Kier molecular flexibility index (Phi) is 3.10. The van der Waals surface area contributed by atoms with Crippen molar-refractivity contribution in [2.24, 2.45) is 0 Å². The van der Waals surface area contributed by atoms with Gasteiger partial charge in [-0.15, -0.1) is 0 Å². The third kappa shape index (κ3) is 2.02. The molecule has 2 rings (SSSR count). The van der Waals surface area contributed by atoms with Gasteiger partial charge in [0.1, 0.15) is 0 Å². The molecule has 16 heavy (non-hydrogen) atoms. The van der Waals surface area contributed by atoms with E-state index in [0.29, 0.717) is 13.2 Å². The Labute approximate surface area is 94.6 Å². The van der Waals surface area contributed by atoms with E-state index < -0.39 is 5.95 Å². The van der Waals surface area contributed by atoms with Gasteiger partial charge >= 0.3 is 0 Å². The number of methoxy groups -OCH3 is 1. The summed E-state index contributed by atoms with van der Waals surface area (Å²) in [5.41, 5.74) is 0.708. The molecule has 2 heterocycles. The average Bonchev–Trinajstić information content (AvgIpc) is 2.30.